The molecule has 0 saturated heterocycles. The minimum Gasteiger partial charge on any atom is -0.492 e. The summed E-state index contributed by atoms with van der Waals surface area (Å²) in [4.78, 5) is 11.4. The van der Waals surface area contributed by atoms with E-state index in [2.05, 4.69) is 4.74 Å². The van der Waals surface area contributed by atoms with Crippen molar-refractivity contribution in [2.45, 2.75) is 20.0 Å². The Morgan fingerprint density at radius 1 is 1.45 bits per heavy atom. The number of esters is 1. The number of ether oxygens (including phenoxy) is 3. The molecule has 0 N–H and O–H groups in total. The first-order valence-corrected chi connectivity index (χ1v) is 5.73. The van der Waals surface area contributed by atoms with Gasteiger partial charge in [-0.25, -0.2) is 0 Å². The molecular formula is C13H13F2NO4. The molecule has 0 aromatic heterocycles. The lowest BCUT2D eigenvalue weighted by atomic mass is 10.1. The van der Waals surface area contributed by atoms with Gasteiger partial charge in [-0.1, -0.05) is 0 Å². The Hall–Kier alpha value is -2.36. The average molecular weight is 285 g/mol. The van der Waals surface area contributed by atoms with Crippen LogP contribution < -0.4 is 9.47 Å². The van der Waals surface area contributed by atoms with Crippen molar-refractivity contribution in [2.75, 3.05) is 13.7 Å². The molecule has 0 aliphatic rings. The highest BCUT2D eigenvalue weighted by atomic mass is 19.3. The maximum atomic E-state index is 12.3. The SMILES string of the molecule is CCOC(=O)Cc1cc(C#N)c(OC)c(OC(F)F)c1. The topological polar surface area (TPSA) is 68.6 Å². The smallest absolute Gasteiger partial charge is 0.387 e. The molecule has 0 fully saturated rings. The predicted octanol–water partition coefficient (Wildman–Crippen LogP) is 2.27. The van der Waals surface area contributed by atoms with Gasteiger partial charge in [0.05, 0.1) is 25.7 Å². The van der Waals surface area contributed by atoms with Crippen LogP contribution in [-0.4, -0.2) is 26.3 Å². The Bertz CT molecular complexity index is 526. The number of benzene rings is 1. The summed E-state index contributed by atoms with van der Waals surface area (Å²) in [7, 11) is 1.24. The largest absolute Gasteiger partial charge is 0.492 e. The Balaban J connectivity index is 3.14. The first-order valence-electron chi connectivity index (χ1n) is 5.73. The Morgan fingerprint density at radius 2 is 2.15 bits per heavy atom. The minimum absolute atomic E-state index is 0.00458. The van der Waals surface area contributed by atoms with Gasteiger partial charge in [0.15, 0.2) is 11.5 Å². The van der Waals surface area contributed by atoms with E-state index in [1.807, 2.05) is 0 Å². The van der Waals surface area contributed by atoms with Gasteiger partial charge < -0.3 is 14.2 Å². The Morgan fingerprint density at radius 3 is 2.65 bits per heavy atom. The summed E-state index contributed by atoms with van der Waals surface area (Å²) in [6.45, 7) is -1.20. The van der Waals surface area contributed by atoms with Gasteiger partial charge in [-0.15, -0.1) is 0 Å². The van der Waals surface area contributed by atoms with E-state index in [1.54, 1.807) is 13.0 Å². The van der Waals surface area contributed by atoms with Crippen molar-refractivity contribution in [3.63, 3.8) is 0 Å². The summed E-state index contributed by atoms with van der Waals surface area (Å²) in [5.41, 5.74) is 0.335. The van der Waals surface area contributed by atoms with Crippen LogP contribution in [0.3, 0.4) is 0 Å². The minimum atomic E-state index is -3.06. The highest BCUT2D eigenvalue weighted by molar-refractivity contribution is 5.73. The number of rotatable bonds is 6. The lowest BCUT2D eigenvalue weighted by molar-refractivity contribution is -0.142. The van der Waals surface area contributed by atoms with Crippen LogP contribution in [0.15, 0.2) is 12.1 Å². The molecule has 0 saturated carbocycles. The number of nitrogens with zero attached hydrogens (tertiary/aromatic N) is 1. The van der Waals surface area contributed by atoms with Gasteiger partial charge in [-0.05, 0) is 24.6 Å². The van der Waals surface area contributed by atoms with Crippen LogP contribution in [0.2, 0.25) is 0 Å². The Kier molecular flexibility index (Phi) is 5.72. The molecule has 1 rings (SSSR count). The van der Waals surface area contributed by atoms with Crippen LogP contribution in [0.25, 0.3) is 0 Å². The first kappa shape index (κ1) is 15.7. The second-order valence-electron chi connectivity index (χ2n) is 3.65. The van der Waals surface area contributed by atoms with E-state index < -0.39 is 12.6 Å². The number of hydrogen-bond donors (Lipinski definition) is 0. The van der Waals surface area contributed by atoms with Crippen LogP contribution in [0.4, 0.5) is 8.78 Å². The maximum absolute atomic E-state index is 12.3. The fraction of sp³-hybridized carbons (Fsp3) is 0.385. The molecule has 0 spiro atoms. The fourth-order valence-electron chi connectivity index (χ4n) is 1.62. The van der Waals surface area contributed by atoms with Crippen molar-refractivity contribution in [3.05, 3.63) is 23.3 Å². The number of halogens is 2. The molecule has 108 valence electrons. The quantitative estimate of drug-likeness (QED) is 0.750. The molecule has 20 heavy (non-hydrogen) atoms. The van der Waals surface area contributed by atoms with Crippen LogP contribution >= 0.6 is 0 Å². The molecule has 0 amide bonds. The molecule has 1 aromatic rings. The van der Waals surface area contributed by atoms with Crippen LogP contribution in [0.5, 0.6) is 11.5 Å². The van der Waals surface area contributed by atoms with Gasteiger partial charge in [0.2, 0.25) is 0 Å². The van der Waals surface area contributed by atoms with Gasteiger partial charge in [0.1, 0.15) is 6.07 Å². The maximum Gasteiger partial charge on any atom is 0.387 e. The van der Waals surface area contributed by atoms with Crippen molar-refractivity contribution in [1.82, 2.24) is 0 Å². The average Bonchev–Trinajstić information content (AvgIpc) is 2.37. The molecular weight excluding hydrogens is 272 g/mol. The second kappa shape index (κ2) is 7.28. The number of nitriles is 1. The number of alkyl halides is 2. The normalized spacial score (nSPS) is 10.0. The van der Waals surface area contributed by atoms with E-state index in [1.165, 1.54) is 19.2 Å². The highest BCUT2D eigenvalue weighted by Crippen LogP contribution is 2.33. The van der Waals surface area contributed by atoms with E-state index in [9.17, 15) is 13.6 Å². The highest BCUT2D eigenvalue weighted by Gasteiger charge is 2.17. The fourth-order valence-corrected chi connectivity index (χ4v) is 1.62. The van der Waals surface area contributed by atoms with Crippen molar-refractivity contribution < 1.29 is 27.8 Å². The third-order valence-electron chi connectivity index (χ3n) is 2.31. The van der Waals surface area contributed by atoms with Gasteiger partial charge in [0, 0.05) is 0 Å². The molecule has 0 bridgehead atoms. The number of carbonyl (C=O) groups excluding carboxylic acids is 1. The molecule has 0 aliphatic heterocycles. The van der Waals surface area contributed by atoms with E-state index in [0.29, 0.717) is 5.56 Å². The zero-order valence-electron chi connectivity index (χ0n) is 11.0. The van der Waals surface area contributed by atoms with E-state index in [0.717, 1.165) is 0 Å². The second-order valence-corrected chi connectivity index (χ2v) is 3.65. The van der Waals surface area contributed by atoms with Crippen molar-refractivity contribution in [1.29, 1.82) is 5.26 Å². The summed E-state index contributed by atoms with van der Waals surface area (Å²) in [5.74, 6) is -0.911. The summed E-state index contributed by atoms with van der Waals surface area (Å²) in [6.07, 6.45) is -0.147. The monoisotopic (exact) mass is 285 g/mol. The third kappa shape index (κ3) is 4.09. The standard InChI is InChI=1S/C13H13F2NO4/c1-3-19-11(17)6-8-4-9(7-16)12(18-2)10(5-8)20-13(14)15/h4-5,13H,3,6H2,1-2H3. The molecule has 7 heteroatoms. The summed E-state index contributed by atoms with van der Waals surface area (Å²) in [5, 5.41) is 8.98. The van der Waals surface area contributed by atoms with E-state index in [-0.39, 0.29) is 30.1 Å². The van der Waals surface area contributed by atoms with E-state index in [4.69, 9.17) is 14.7 Å². The molecule has 5 nitrogen and oxygen atoms in total. The van der Waals surface area contributed by atoms with Crippen LogP contribution in [0.1, 0.15) is 18.1 Å². The first-order chi connectivity index (χ1) is 9.51. The molecule has 0 aliphatic carbocycles. The van der Waals surface area contributed by atoms with E-state index >= 15 is 0 Å². The molecule has 0 atom stereocenters. The Labute approximate surface area is 114 Å². The number of methoxy groups -OCH3 is 1. The van der Waals surface area contributed by atoms with Gasteiger partial charge in [-0.3, -0.25) is 4.79 Å². The van der Waals surface area contributed by atoms with Crippen LogP contribution in [0, 0.1) is 11.3 Å². The lowest BCUT2D eigenvalue weighted by Gasteiger charge is -2.13. The zero-order valence-corrected chi connectivity index (χ0v) is 11.0. The van der Waals surface area contributed by atoms with Gasteiger partial charge in [-0.2, -0.15) is 14.0 Å². The van der Waals surface area contributed by atoms with Gasteiger partial charge in [0.25, 0.3) is 0 Å². The van der Waals surface area contributed by atoms with Crippen molar-refractivity contribution in [2.24, 2.45) is 0 Å². The van der Waals surface area contributed by atoms with Crippen molar-refractivity contribution in [3.8, 4) is 17.6 Å². The number of hydrogen-bond acceptors (Lipinski definition) is 5. The zero-order chi connectivity index (χ0) is 15.1. The molecule has 1 aromatic carbocycles. The summed E-state index contributed by atoms with van der Waals surface area (Å²) >= 11 is 0. The molecule has 0 unspecified atom stereocenters. The molecule has 0 heterocycles. The van der Waals surface area contributed by atoms with Gasteiger partial charge >= 0.3 is 12.6 Å². The molecule has 0 radical (unpaired) electrons. The van der Waals surface area contributed by atoms with Crippen LogP contribution in [-0.2, 0) is 16.0 Å². The van der Waals surface area contributed by atoms with Crippen molar-refractivity contribution >= 4 is 5.97 Å². The predicted molar refractivity (Wildman–Crippen MR) is 64.7 cm³/mol. The summed E-state index contributed by atoms with van der Waals surface area (Å²) < 4.78 is 38.6. The lowest BCUT2D eigenvalue weighted by Crippen LogP contribution is -2.09. The summed E-state index contributed by atoms with van der Waals surface area (Å²) in [6, 6.07) is 4.40. The third-order valence-corrected chi connectivity index (χ3v) is 2.31. The number of carbonyl (C=O) groups is 1.